The van der Waals surface area contributed by atoms with E-state index in [2.05, 4.69) is 20.9 Å². The molecule has 0 fully saturated rings. The zero-order valence-electron chi connectivity index (χ0n) is 26.1. The fraction of sp³-hybridized carbons (Fsp3) is 0.562. The van der Waals surface area contributed by atoms with Crippen molar-refractivity contribution in [2.24, 2.45) is 11.8 Å². The van der Waals surface area contributed by atoms with E-state index in [0.29, 0.717) is 29.9 Å². The molecular formula is C32H50N4O7. The van der Waals surface area contributed by atoms with Gasteiger partial charge in [-0.15, -0.1) is 0 Å². The molecule has 11 heteroatoms. The number of hydrogen-bond donors (Lipinski definition) is 7. The van der Waals surface area contributed by atoms with E-state index in [1.807, 2.05) is 83.1 Å². The van der Waals surface area contributed by atoms with Crippen LogP contribution in [0.1, 0.15) is 71.9 Å². The van der Waals surface area contributed by atoms with Crippen LogP contribution in [0.15, 0.2) is 59.0 Å². The maximum atomic E-state index is 11.3. The summed E-state index contributed by atoms with van der Waals surface area (Å²) < 4.78 is 10.6. The Morgan fingerprint density at radius 2 is 1.56 bits per heavy atom. The van der Waals surface area contributed by atoms with Gasteiger partial charge in [0.1, 0.15) is 30.7 Å². The zero-order chi connectivity index (χ0) is 31.9. The van der Waals surface area contributed by atoms with Crippen LogP contribution in [0.3, 0.4) is 0 Å². The number of ether oxygens (including phenoxy) is 1. The normalized spacial score (nSPS) is 16.3. The van der Waals surface area contributed by atoms with Gasteiger partial charge in [-0.25, -0.2) is 9.78 Å². The number of aliphatic hydroxyl groups is 4. The van der Waals surface area contributed by atoms with Crippen LogP contribution in [-0.4, -0.2) is 68.7 Å². The summed E-state index contributed by atoms with van der Waals surface area (Å²) in [6, 6.07) is 15.7. The molecule has 0 aliphatic rings. The Balaban J connectivity index is 0.000000344. The number of benzene rings is 2. The molecule has 3 unspecified atom stereocenters. The Labute approximate surface area is 254 Å². The molecular weight excluding hydrogens is 552 g/mol. The molecule has 1 aromatic heterocycles. The minimum Gasteiger partial charge on any atom is -0.445 e. The lowest BCUT2D eigenvalue weighted by Crippen LogP contribution is -2.54. The second kappa shape index (κ2) is 18.6. The van der Waals surface area contributed by atoms with Crippen molar-refractivity contribution in [2.75, 3.05) is 6.61 Å². The number of alkyl carbamates (subject to hydrolysis) is 1. The lowest BCUT2D eigenvalue weighted by atomic mass is 9.96. The van der Waals surface area contributed by atoms with Crippen LogP contribution in [0.25, 0.3) is 11.1 Å². The first-order valence-corrected chi connectivity index (χ1v) is 15.0. The number of para-hydroxylation sites is 2. The molecule has 1 heterocycles. The van der Waals surface area contributed by atoms with E-state index >= 15 is 0 Å². The van der Waals surface area contributed by atoms with Crippen LogP contribution in [0.2, 0.25) is 0 Å². The SMILES string of the molecule is CC[C@@H](CO)NC(=O)OCc1ccccc1.CC[C@H](NC(O)[C@H](C)NC(O)[C@@H](C)C(C)C)C(O)c1nc2ccccc2o1. The van der Waals surface area contributed by atoms with Gasteiger partial charge in [0.15, 0.2) is 5.58 Å². The number of fused-ring (bicyclic) bond motifs is 1. The van der Waals surface area contributed by atoms with Gasteiger partial charge in [-0.2, -0.15) is 0 Å². The minimum absolute atomic E-state index is 0.0481. The summed E-state index contributed by atoms with van der Waals surface area (Å²) >= 11 is 0. The van der Waals surface area contributed by atoms with Crippen LogP contribution in [-0.2, 0) is 11.3 Å². The number of oxazole rings is 1. The number of nitrogens with one attached hydrogen (secondary N) is 3. The predicted octanol–water partition coefficient (Wildman–Crippen LogP) is 3.82. The second-order valence-electron chi connectivity index (χ2n) is 11.1. The fourth-order valence-electron chi connectivity index (χ4n) is 4.07. The van der Waals surface area contributed by atoms with E-state index in [0.717, 1.165) is 5.56 Å². The summed E-state index contributed by atoms with van der Waals surface area (Å²) in [5, 5.41) is 48.9. The van der Waals surface area contributed by atoms with Gasteiger partial charge >= 0.3 is 6.09 Å². The Morgan fingerprint density at radius 3 is 2.14 bits per heavy atom. The first-order chi connectivity index (χ1) is 20.5. The molecule has 7 N–H and O–H groups in total. The number of rotatable bonds is 15. The fourth-order valence-corrected chi connectivity index (χ4v) is 4.07. The highest BCUT2D eigenvalue weighted by Gasteiger charge is 2.29. The summed E-state index contributed by atoms with van der Waals surface area (Å²) in [4.78, 5) is 15.6. The van der Waals surface area contributed by atoms with E-state index in [1.54, 1.807) is 13.0 Å². The first kappa shape index (κ1) is 36.1. The molecule has 0 saturated carbocycles. The molecule has 3 aromatic rings. The summed E-state index contributed by atoms with van der Waals surface area (Å²) in [5.74, 6) is 0.581. The van der Waals surface area contributed by atoms with Crippen molar-refractivity contribution >= 4 is 17.2 Å². The number of carbonyl (C=O) groups is 1. The highest BCUT2D eigenvalue weighted by molar-refractivity contribution is 5.72. The average molecular weight is 603 g/mol. The maximum Gasteiger partial charge on any atom is 0.407 e. The number of aromatic nitrogens is 1. The Kier molecular flexibility index (Phi) is 15.6. The van der Waals surface area contributed by atoms with E-state index < -0.39 is 36.7 Å². The lowest BCUT2D eigenvalue weighted by Gasteiger charge is -2.31. The Morgan fingerprint density at radius 1 is 0.907 bits per heavy atom. The van der Waals surface area contributed by atoms with Crippen LogP contribution in [0.5, 0.6) is 0 Å². The number of aliphatic hydroxyl groups excluding tert-OH is 4. The molecule has 3 rings (SSSR count). The molecule has 11 nitrogen and oxygen atoms in total. The summed E-state index contributed by atoms with van der Waals surface area (Å²) in [7, 11) is 0. The largest absolute Gasteiger partial charge is 0.445 e. The van der Waals surface area contributed by atoms with Crippen molar-refractivity contribution in [1.82, 2.24) is 20.9 Å². The van der Waals surface area contributed by atoms with Crippen LogP contribution >= 0.6 is 0 Å². The van der Waals surface area contributed by atoms with Gasteiger partial charge in [-0.3, -0.25) is 10.6 Å². The topological polar surface area (TPSA) is 169 Å². The first-order valence-electron chi connectivity index (χ1n) is 15.0. The van der Waals surface area contributed by atoms with Gasteiger partial charge in [0.2, 0.25) is 5.89 Å². The van der Waals surface area contributed by atoms with E-state index in [4.69, 9.17) is 14.3 Å². The van der Waals surface area contributed by atoms with Crippen molar-refractivity contribution < 1.29 is 34.4 Å². The van der Waals surface area contributed by atoms with Gasteiger partial charge < -0.3 is 34.9 Å². The van der Waals surface area contributed by atoms with Crippen molar-refractivity contribution in [3.63, 3.8) is 0 Å². The third kappa shape index (κ3) is 11.9. The van der Waals surface area contributed by atoms with Crippen LogP contribution in [0, 0.1) is 11.8 Å². The molecule has 240 valence electrons. The quantitative estimate of drug-likeness (QED) is 0.127. The number of nitrogens with zero attached hydrogens (tertiary/aromatic N) is 1. The molecule has 0 aliphatic carbocycles. The summed E-state index contributed by atoms with van der Waals surface area (Å²) in [6.45, 7) is 11.8. The molecule has 0 saturated heterocycles. The van der Waals surface area contributed by atoms with Gasteiger partial charge in [-0.1, -0.05) is 77.1 Å². The Hall–Kier alpha value is -3.06. The molecule has 1 amide bonds. The molecule has 0 bridgehead atoms. The minimum atomic E-state index is -0.997. The van der Waals surface area contributed by atoms with Crippen molar-refractivity contribution in [2.45, 2.75) is 97.7 Å². The Bertz CT molecular complexity index is 1160. The second-order valence-corrected chi connectivity index (χ2v) is 11.1. The smallest absolute Gasteiger partial charge is 0.407 e. The zero-order valence-corrected chi connectivity index (χ0v) is 26.1. The molecule has 43 heavy (non-hydrogen) atoms. The lowest BCUT2D eigenvalue weighted by molar-refractivity contribution is -0.000000125. The standard InChI is InChI=1S/C20H33N3O4.C12H17NO3/c1-6-14(17(24)20-23-15-9-7-8-10-16(15)27-20)22-19(26)13(5)21-18(25)12(4)11(2)3;1-2-11(8-14)13-12(15)16-9-10-6-4-3-5-7-10/h7-14,17-19,21-22,24-26H,6H2,1-5H3;3-7,11,14H,2,8-9H2,1H3,(H,13,15)/t12-,13-,14-,17?,18?,19?;11-/m00/s1. The number of amides is 1. The van der Waals surface area contributed by atoms with Gasteiger partial charge in [0, 0.05) is 12.1 Å². The van der Waals surface area contributed by atoms with Crippen molar-refractivity contribution in [1.29, 1.82) is 0 Å². The number of carbonyl (C=O) groups excluding carboxylic acids is 1. The molecule has 0 spiro atoms. The molecule has 7 atom stereocenters. The van der Waals surface area contributed by atoms with Gasteiger partial charge in [-0.05, 0) is 49.3 Å². The molecule has 2 aromatic carbocycles. The third-order valence-corrected chi connectivity index (χ3v) is 7.47. The van der Waals surface area contributed by atoms with Crippen molar-refractivity contribution in [3.8, 4) is 0 Å². The van der Waals surface area contributed by atoms with Crippen LogP contribution < -0.4 is 16.0 Å². The highest BCUT2D eigenvalue weighted by Crippen LogP contribution is 2.24. The monoisotopic (exact) mass is 602 g/mol. The summed E-state index contributed by atoms with van der Waals surface area (Å²) in [5.41, 5.74) is 2.24. The van der Waals surface area contributed by atoms with E-state index in [-0.39, 0.29) is 31.1 Å². The van der Waals surface area contributed by atoms with E-state index in [1.165, 1.54) is 0 Å². The summed E-state index contributed by atoms with van der Waals surface area (Å²) in [6.07, 6.45) is -1.93. The predicted molar refractivity (Wildman–Crippen MR) is 166 cm³/mol. The molecule has 0 radical (unpaired) electrons. The third-order valence-electron chi connectivity index (χ3n) is 7.47. The van der Waals surface area contributed by atoms with Gasteiger partial charge in [0.25, 0.3) is 0 Å². The highest BCUT2D eigenvalue weighted by atomic mass is 16.5. The van der Waals surface area contributed by atoms with Crippen molar-refractivity contribution in [3.05, 3.63) is 66.1 Å². The van der Waals surface area contributed by atoms with E-state index in [9.17, 15) is 20.1 Å². The van der Waals surface area contributed by atoms with Gasteiger partial charge in [0.05, 0.1) is 12.6 Å². The maximum absolute atomic E-state index is 11.3. The average Bonchev–Trinajstić information content (AvgIpc) is 3.45. The number of hydrogen-bond acceptors (Lipinski definition) is 10. The van der Waals surface area contributed by atoms with Crippen LogP contribution in [0.4, 0.5) is 4.79 Å². The molecule has 0 aliphatic heterocycles.